The SMILES string of the molecule is CSCc1nnc(SC(C(=O)NC2CCCCCC2)C(C)C)o1. The third-order valence-corrected chi connectivity index (χ3v) is 5.92. The summed E-state index contributed by atoms with van der Waals surface area (Å²) in [5.41, 5.74) is 0. The van der Waals surface area contributed by atoms with E-state index in [2.05, 4.69) is 29.4 Å². The molecule has 1 saturated carbocycles. The van der Waals surface area contributed by atoms with Crippen LogP contribution < -0.4 is 5.32 Å². The van der Waals surface area contributed by atoms with Crippen LogP contribution in [0.3, 0.4) is 0 Å². The molecule has 1 fully saturated rings. The molecule has 1 unspecified atom stereocenters. The van der Waals surface area contributed by atoms with Gasteiger partial charge in [-0.15, -0.1) is 10.2 Å². The second-order valence-electron chi connectivity index (χ2n) is 6.37. The van der Waals surface area contributed by atoms with E-state index in [1.54, 1.807) is 11.8 Å². The second kappa shape index (κ2) is 9.57. The molecule has 1 aromatic rings. The molecular weight excluding hydrogens is 330 g/mol. The number of carbonyl (C=O) groups is 1. The van der Waals surface area contributed by atoms with Gasteiger partial charge in [0, 0.05) is 6.04 Å². The van der Waals surface area contributed by atoms with Crippen molar-refractivity contribution in [3.8, 4) is 0 Å². The lowest BCUT2D eigenvalue weighted by Gasteiger charge is -2.22. The molecule has 1 aliphatic rings. The highest BCUT2D eigenvalue weighted by Gasteiger charge is 2.28. The Hall–Kier alpha value is -0.690. The van der Waals surface area contributed by atoms with E-state index in [0.29, 0.717) is 22.9 Å². The minimum Gasteiger partial charge on any atom is -0.415 e. The third kappa shape index (κ3) is 6.03. The van der Waals surface area contributed by atoms with Gasteiger partial charge in [-0.3, -0.25) is 4.79 Å². The second-order valence-corrected chi connectivity index (χ2v) is 8.33. The number of carbonyl (C=O) groups excluding carboxylic acids is 1. The molecule has 1 heterocycles. The lowest BCUT2D eigenvalue weighted by Crippen LogP contribution is -2.41. The molecule has 1 aliphatic carbocycles. The van der Waals surface area contributed by atoms with E-state index < -0.39 is 0 Å². The van der Waals surface area contributed by atoms with Gasteiger partial charge in [0.1, 0.15) is 0 Å². The maximum Gasteiger partial charge on any atom is 0.277 e. The standard InChI is InChI=1S/C16H27N3O2S2/c1-11(2)14(23-16-19-18-13(21-16)10-22-3)15(20)17-12-8-6-4-5-7-9-12/h11-12,14H,4-10H2,1-3H3,(H,17,20). The molecule has 23 heavy (non-hydrogen) atoms. The van der Waals surface area contributed by atoms with E-state index in [1.807, 2.05) is 6.26 Å². The average molecular weight is 358 g/mol. The van der Waals surface area contributed by atoms with Gasteiger partial charge in [0.05, 0.1) is 11.0 Å². The van der Waals surface area contributed by atoms with Crippen LogP contribution in [-0.2, 0) is 10.5 Å². The molecule has 0 aromatic carbocycles. The lowest BCUT2D eigenvalue weighted by atomic mass is 10.1. The van der Waals surface area contributed by atoms with Gasteiger partial charge in [0.2, 0.25) is 11.8 Å². The Kier molecular flexibility index (Phi) is 7.76. The first-order chi connectivity index (χ1) is 11.1. The van der Waals surface area contributed by atoms with Gasteiger partial charge < -0.3 is 9.73 Å². The maximum absolute atomic E-state index is 12.7. The molecule has 130 valence electrons. The molecule has 1 atom stereocenters. The van der Waals surface area contributed by atoms with Gasteiger partial charge in [-0.2, -0.15) is 11.8 Å². The van der Waals surface area contributed by atoms with Crippen LogP contribution in [0.2, 0.25) is 0 Å². The van der Waals surface area contributed by atoms with Crippen molar-refractivity contribution in [1.29, 1.82) is 0 Å². The molecule has 0 bridgehead atoms. The number of nitrogens with one attached hydrogen (secondary N) is 1. The first kappa shape index (κ1) is 18.6. The monoisotopic (exact) mass is 357 g/mol. The van der Waals surface area contributed by atoms with Crippen LogP contribution in [0, 0.1) is 5.92 Å². The highest BCUT2D eigenvalue weighted by Crippen LogP contribution is 2.28. The number of aromatic nitrogens is 2. The Morgan fingerprint density at radius 2 is 1.96 bits per heavy atom. The topological polar surface area (TPSA) is 68.0 Å². The zero-order valence-corrected chi connectivity index (χ0v) is 15.8. The van der Waals surface area contributed by atoms with Crippen LogP contribution in [0.4, 0.5) is 0 Å². The van der Waals surface area contributed by atoms with Crippen LogP contribution >= 0.6 is 23.5 Å². The maximum atomic E-state index is 12.7. The number of hydrogen-bond acceptors (Lipinski definition) is 6. The van der Waals surface area contributed by atoms with Crippen LogP contribution in [0.15, 0.2) is 9.64 Å². The molecule has 1 aromatic heterocycles. The predicted molar refractivity (Wildman–Crippen MR) is 95.6 cm³/mol. The number of nitrogens with zero attached hydrogens (tertiary/aromatic N) is 2. The molecule has 0 spiro atoms. The minimum atomic E-state index is -0.194. The molecule has 5 nitrogen and oxygen atoms in total. The summed E-state index contributed by atoms with van der Waals surface area (Å²) in [6, 6.07) is 0.321. The van der Waals surface area contributed by atoms with E-state index >= 15 is 0 Å². The Labute approximate surface area is 147 Å². The van der Waals surface area contributed by atoms with Crippen molar-refractivity contribution in [2.24, 2.45) is 5.92 Å². The zero-order chi connectivity index (χ0) is 16.7. The van der Waals surface area contributed by atoms with E-state index in [9.17, 15) is 4.79 Å². The summed E-state index contributed by atoms with van der Waals surface area (Å²) in [4.78, 5) is 12.7. The minimum absolute atomic E-state index is 0.0986. The van der Waals surface area contributed by atoms with Crippen molar-refractivity contribution < 1.29 is 9.21 Å². The number of rotatable bonds is 7. The Bertz CT molecular complexity index is 485. The van der Waals surface area contributed by atoms with E-state index in [1.165, 1.54) is 37.4 Å². The van der Waals surface area contributed by atoms with Crippen molar-refractivity contribution in [1.82, 2.24) is 15.5 Å². The van der Waals surface area contributed by atoms with Crippen LogP contribution in [0.1, 0.15) is 58.3 Å². The fourth-order valence-corrected chi connectivity index (χ4v) is 4.04. The fourth-order valence-electron chi connectivity index (χ4n) is 2.78. The number of thioether (sulfide) groups is 2. The van der Waals surface area contributed by atoms with Gasteiger partial charge in [-0.25, -0.2) is 0 Å². The van der Waals surface area contributed by atoms with Crippen LogP contribution in [-0.4, -0.2) is 33.7 Å². The first-order valence-electron chi connectivity index (χ1n) is 8.38. The predicted octanol–water partition coefficient (Wildman–Crippen LogP) is 3.89. The average Bonchev–Trinajstić information content (AvgIpc) is 2.79. The van der Waals surface area contributed by atoms with Crippen molar-refractivity contribution in [2.45, 2.75) is 74.6 Å². The van der Waals surface area contributed by atoms with Crippen molar-refractivity contribution in [3.05, 3.63) is 5.89 Å². The normalized spacial score (nSPS) is 17.9. The smallest absolute Gasteiger partial charge is 0.277 e. The highest BCUT2D eigenvalue weighted by atomic mass is 32.2. The number of hydrogen-bond donors (Lipinski definition) is 1. The fraction of sp³-hybridized carbons (Fsp3) is 0.812. The summed E-state index contributed by atoms with van der Waals surface area (Å²) in [6.45, 7) is 4.12. The first-order valence-corrected chi connectivity index (χ1v) is 10.7. The molecule has 1 N–H and O–H groups in total. The van der Waals surface area contributed by atoms with Gasteiger partial charge in [0.15, 0.2) is 0 Å². The Balaban J connectivity index is 1.94. The van der Waals surface area contributed by atoms with E-state index in [4.69, 9.17) is 4.42 Å². The highest BCUT2D eigenvalue weighted by molar-refractivity contribution is 8.00. The largest absolute Gasteiger partial charge is 0.415 e. The van der Waals surface area contributed by atoms with Crippen molar-refractivity contribution in [3.63, 3.8) is 0 Å². The Morgan fingerprint density at radius 1 is 1.26 bits per heavy atom. The van der Waals surface area contributed by atoms with Crippen LogP contribution in [0.5, 0.6) is 0 Å². The van der Waals surface area contributed by atoms with Gasteiger partial charge in [-0.1, -0.05) is 51.3 Å². The van der Waals surface area contributed by atoms with E-state index in [0.717, 1.165) is 12.8 Å². The summed E-state index contributed by atoms with van der Waals surface area (Å²) in [5.74, 6) is 1.63. The molecule has 2 rings (SSSR count). The van der Waals surface area contributed by atoms with Crippen molar-refractivity contribution >= 4 is 29.4 Å². The summed E-state index contributed by atoms with van der Waals surface area (Å²) >= 11 is 3.02. The lowest BCUT2D eigenvalue weighted by molar-refractivity contribution is -0.122. The van der Waals surface area contributed by atoms with Gasteiger partial charge >= 0.3 is 0 Å². The quantitative estimate of drug-likeness (QED) is 0.590. The molecule has 1 amide bonds. The molecule has 0 aliphatic heterocycles. The molecule has 7 heteroatoms. The molecule has 0 radical (unpaired) electrons. The zero-order valence-electron chi connectivity index (χ0n) is 14.2. The van der Waals surface area contributed by atoms with Crippen molar-refractivity contribution in [2.75, 3.05) is 6.26 Å². The Morgan fingerprint density at radius 3 is 2.57 bits per heavy atom. The summed E-state index contributed by atoms with van der Waals surface area (Å²) in [5, 5.41) is 11.6. The summed E-state index contributed by atoms with van der Waals surface area (Å²) < 4.78 is 5.60. The molecular formula is C16H27N3O2S2. The number of amides is 1. The summed E-state index contributed by atoms with van der Waals surface area (Å²) in [7, 11) is 0. The summed E-state index contributed by atoms with van der Waals surface area (Å²) in [6.07, 6.45) is 9.19. The van der Waals surface area contributed by atoms with Gasteiger partial charge in [-0.05, 0) is 25.0 Å². The van der Waals surface area contributed by atoms with Crippen LogP contribution in [0.25, 0.3) is 0 Å². The molecule has 0 saturated heterocycles. The third-order valence-electron chi connectivity index (χ3n) is 4.01. The van der Waals surface area contributed by atoms with Gasteiger partial charge in [0.25, 0.3) is 5.22 Å². The van der Waals surface area contributed by atoms with E-state index in [-0.39, 0.29) is 17.1 Å².